The first kappa shape index (κ1) is 20.3. The molecule has 0 spiro atoms. The smallest absolute Gasteiger partial charge is 0.306 e. The molecule has 1 aliphatic rings. The van der Waals surface area contributed by atoms with E-state index in [2.05, 4.69) is 6.92 Å². The number of nitrogens with zero attached hydrogens (tertiary/aromatic N) is 1. The molecule has 0 aliphatic heterocycles. The average Bonchev–Trinajstić information content (AvgIpc) is 2.79. The zero-order valence-electron chi connectivity index (χ0n) is 14.2. The lowest BCUT2D eigenvalue weighted by molar-refractivity contribution is -0.146. The van der Waals surface area contributed by atoms with Crippen LogP contribution in [0.15, 0.2) is 12.2 Å². The van der Waals surface area contributed by atoms with Crippen LogP contribution in [0.4, 0.5) is 0 Å². The van der Waals surface area contributed by atoms with Gasteiger partial charge in [0, 0.05) is 18.3 Å². The van der Waals surface area contributed by atoms with Gasteiger partial charge >= 0.3 is 5.97 Å². The molecule has 0 saturated heterocycles. The van der Waals surface area contributed by atoms with E-state index >= 15 is 0 Å². The predicted molar refractivity (Wildman–Crippen MR) is 87.7 cm³/mol. The van der Waals surface area contributed by atoms with E-state index in [1.165, 1.54) is 0 Å². The van der Waals surface area contributed by atoms with Crippen molar-refractivity contribution in [2.24, 2.45) is 11.8 Å². The van der Waals surface area contributed by atoms with Crippen LogP contribution in [0.5, 0.6) is 0 Å². The molecule has 0 heterocycles. The van der Waals surface area contributed by atoms with Crippen molar-refractivity contribution in [3.05, 3.63) is 12.2 Å². The van der Waals surface area contributed by atoms with Gasteiger partial charge in [-0.15, -0.1) is 0 Å². The first-order valence-corrected chi connectivity index (χ1v) is 8.59. The van der Waals surface area contributed by atoms with Crippen molar-refractivity contribution < 1.29 is 24.5 Å². The van der Waals surface area contributed by atoms with Gasteiger partial charge in [-0.3, -0.25) is 9.59 Å². The third kappa shape index (κ3) is 6.81. The van der Waals surface area contributed by atoms with Crippen molar-refractivity contribution in [3.63, 3.8) is 0 Å². The van der Waals surface area contributed by atoms with Crippen LogP contribution in [0.3, 0.4) is 0 Å². The minimum absolute atomic E-state index is 0.00937. The molecule has 0 bridgehead atoms. The fourth-order valence-corrected chi connectivity index (χ4v) is 2.89. The Hall–Kier alpha value is -1.71. The topological polar surface area (TPSA) is 108 Å². The molecule has 0 aromatic carbocycles. The maximum absolute atomic E-state index is 12.0. The molecule has 1 fully saturated rings. The Morgan fingerprint density at radius 2 is 2.25 bits per heavy atom. The number of aliphatic hydroxyl groups is 2. The number of rotatable bonds is 10. The van der Waals surface area contributed by atoms with Gasteiger partial charge in [0.25, 0.3) is 0 Å². The summed E-state index contributed by atoms with van der Waals surface area (Å²) in [6.45, 7) is 2.10. The largest absolute Gasteiger partial charge is 0.465 e. The molecule has 6 heteroatoms. The van der Waals surface area contributed by atoms with E-state index in [0.29, 0.717) is 6.42 Å². The van der Waals surface area contributed by atoms with Gasteiger partial charge in [0.1, 0.15) is 12.4 Å². The molecule has 24 heavy (non-hydrogen) atoms. The maximum Gasteiger partial charge on any atom is 0.306 e. The number of unbranched alkanes of at least 4 members (excludes halogenated alkanes) is 2. The van der Waals surface area contributed by atoms with Gasteiger partial charge in [0.2, 0.25) is 0 Å². The van der Waals surface area contributed by atoms with E-state index in [0.717, 1.165) is 19.3 Å². The quantitative estimate of drug-likeness (QED) is 0.358. The highest BCUT2D eigenvalue weighted by atomic mass is 16.5. The zero-order chi connectivity index (χ0) is 17.9. The Labute approximate surface area is 143 Å². The summed E-state index contributed by atoms with van der Waals surface area (Å²) in [4.78, 5) is 23.7. The second-order valence-electron chi connectivity index (χ2n) is 6.20. The molecule has 0 radical (unpaired) electrons. The molecule has 1 saturated carbocycles. The lowest BCUT2D eigenvalue weighted by atomic mass is 9.90. The van der Waals surface area contributed by atoms with Gasteiger partial charge in [0.15, 0.2) is 0 Å². The molecule has 1 rings (SSSR count). The highest BCUT2D eigenvalue weighted by Crippen LogP contribution is 2.33. The van der Waals surface area contributed by atoms with Crippen molar-refractivity contribution in [2.75, 3.05) is 6.61 Å². The minimum Gasteiger partial charge on any atom is -0.465 e. The average molecular weight is 337 g/mol. The van der Waals surface area contributed by atoms with E-state index in [9.17, 15) is 19.8 Å². The predicted octanol–water partition coefficient (Wildman–Crippen LogP) is 1.90. The standard InChI is InChI=1S/C18H27NO5/c1-2-3-4-6-13(20)7-8-14-15(17(22)12-16(14)21)11-18(23)24-10-5-9-19/h7-8,13-16,20-21H,2-6,10-12H2,1H3/b8-7+/t13-,14+,15+,16+/m0/s1. The fourth-order valence-electron chi connectivity index (χ4n) is 2.89. The molecular formula is C18H27NO5. The third-order valence-electron chi connectivity index (χ3n) is 4.26. The molecule has 1 aliphatic carbocycles. The summed E-state index contributed by atoms with van der Waals surface area (Å²) < 4.78 is 4.90. The number of ketones is 1. The summed E-state index contributed by atoms with van der Waals surface area (Å²) in [5.41, 5.74) is 0. The van der Waals surface area contributed by atoms with Crippen molar-refractivity contribution in [2.45, 2.75) is 64.1 Å². The highest BCUT2D eigenvalue weighted by Gasteiger charge is 2.41. The molecular weight excluding hydrogens is 310 g/mol. The summed E-state index contributed by atoms with van der Waals surface area (Å²) in [5, 5.41) is 28.4. The number of esters is 1. The Morgan fingerprint density at radius 1 is 1.50 bits per heavy atom. The molecule has 0 aromatic heterocycles. The van der Waals surface area contributed by atoms with Crippen molar-refractivity contribution in [1.82, 2.24) is 0 Å². The Balaban J connectivity index is 2.57. The Morgan fingerprint density at radius 3 is 2.92 bits per heavy atom. The number of nitriles is 1. The van der Waals surface area contributed by atoms with E-state index in [-0.39, 0.29) is 31.7 Å². The summed E-state index contributed by atoms with van der Waals surface area (Å²) in [5.74, 6) is -1.83. The first-order valence-electron chi connectivity index (χ1n) is 8.59. The van der Waals surface area contributed by atoms with Gasteiger partial charge < -0.3 is 14.9 Å². The van der Waals surface area contributed by atoms with Crippen LogP contribution < -0.4 is 0 Å². The normalized spacial score (nSPS) is 24.9. The van der Waals surface area contributed by atoms with Gasteiger partial charge in [-0.2, -0.15) is 5.26 Å². The second kappa shape index (κ2) is 11.0. The van der Waals surface area contributed by atoms with Gasteiger partial charge in [-0.05, 0) is 6.42 Å². The Kier molecular flexibility index (Phi) is 9.28. The summed E-state index contributed by atoms with van der Waals surface area (Å²) >= 11 is 0. The van der Waals surface area contributed by atoms with Crippen molar-refractivity contribution in [3.8, 4) is 6.07 Å². The number of hydrogen-bond donors (Lipinski definition) is 2. The number of Topliss-reactive ketones (excluding diaryl/α,β-unsaturated/α-hetero) is 1. The first-order chi connectivity index (χ1) is 11.5. The Bertz CT molecular complexity index is 482. The number of aliphatic hydroxyl groups excluding tert-OH is 2. The fraction of sp³-hybridized carbons (Fsp3) is 0.722. The number of carbonyl (C=O) groups is 2. The van der Waals surface area contributed by atoms with Crippen molar-refractivity contribution >= 4 is 11.8 Å². The van der Waals surface area contributed by atoms with Crippen LogP contribution in [-0.2, 0) is 14.3 Å². The highest BCUT2D eigenvalue weighted by molar-refractivity contribution is 5.88. The number of hydrogen-bond acceptors (Lipinski definition) is 6. The lowest BCUT2D eigenvalue weighted by Gasteiger charge is -2.17. The van der Waals surface area contributed by atoms with Gasteiger partial charge in [-0.1, -0.05) is 38.3 Å². The van der Waals surface area contributed by atoms with E-state index in [4.69, 9.17) is 10.00 Å². The SMILES string of the molecule is CCCCC[C@H](O)/C=C/[C@H]1[C@H](O)CC(=O)[C@@H]1CC(=O)OCCC#N. The number of ether oxygens (including phenoxy) is 1. The van der Waals surface area contributed by atoms with E-state index in [1.54, 1.807) is 12.2 Å². The van der Waals surface area contributed by atoms with Crippen molar-refractivity contribution in [1.29, 1.82) is 5.26 Å². The van der Waals surface area contributed by atoms with E-state index < -0.39 is 30.0 Å². The van der Waals surface area contributed by atoms with Crippen LogP contribution in [-0.4, -0.2) is 40.8 Å². The van der Waals surface area contributed by atoms with Gasteiger partial charge in [-0.25, -0.2) is 0 Å². The second-order valence-corrected chi connectivity index (χ2v) is 6.20. The molecule has 0 unspecified atom stereocenters. The van der Waals surface area contributed by atoms with Crippen LogP contribution in [0.1, 0.15) is 51.9 Å². The zero-order valence-corrected chi connectivity index (χ0v) is 14.2. The number of carbonyl (C=O) groups excluding carboxylic acids is 2. The molecule has 2 N–H and O–H groups in total. The van der Waals surface area contributed by atoms with Crippen LogP contribution in [0, 0.1) is 23.2 Å². The lowest BCUT2D eigenvalue weighted by Crippen LogP contribution is -2.23. The maximum atomic E-state index is 12.0. The molecule has 6 nitrogen and oxygen atoms in total. The monoisotopic (exact) mass is 337 g/mol. The third-order valence-corrected chi connectivity index (χ3v) is 4.26. The van der Waals surface area contributed by atoms with Crippen LogP contribution in [0.25, 0.3) is 0 Å². The minimum atomic E-state index is -0.839. The summed E-state index contributed by atoms with van der Waals surface area (Å²) in [6.07, 6.45) is 5.51. The molecule has 0 amide bonds. The molecule has 0 aromatic rings. The molecule has 134 valence electrons. The summed E-state index contributed by atoms with van der Waals surface area (Å²) in [7, 11) is 0. The van der Waals surface area contributed by atoms with E-state index in [1.807, 2.05) is 6.07 Å². The van der Waals surface area contributed by atoms with Crippen LogP contribution in [0.2, 0.25) is 0 Å². The van der Waals surface area contributed by atoms with Gasteiger partial charge in [0.05, 0.1) is 31.1 Å². The summed E-state index contributed by atoms with van der Waals surface area (Å²) in [6, 6.07) is 1.87. The van der Waals surface area contributed by atoms with Crippen LogP contribution >= 0.6 is 0 Å². The molecule has 4 atom stereocenters.